The van der Waals surface area contributed by atoms with Crippen LogP contribution in [-0.4, -0.2) is 25.6 Å². The summed E-state index contributed by atoms with van der Waals surface area (Å²) in [5.74, 6) is -1.12. The maximum Gasteiger partial charge on any atom is 0.342 e. The van der Waals surface area contributed by atoms with Crippen LogP contribution in [0, 0.1) is 0 Å². The van der Waals surface area contributed by atoms with Crippen LogP contribution in [0.1, 0.15) is 10.4 Å². The number of hydrogen-bond acceptors (Lipinski definition) is 5. The number of nitrogens with two attached hydrogens (primary N) is 2. The molecule has 1 aromatic rings. The standard InChI is InChI=1S/C10H12N2O4/c1-15-8-4-6(11)2-3-7(8)10(14)16-5-9(12)13/h2-4H,5,11H2,1H3,(H2,12,13). The number of rotatable bonds is 4. The molecule has 86 valence electrons. The van der Waals surface area contributed by atoms with Gasteiger partial charge in [0, 0.05) is 11.8 Å². The lowest BCUT2D eigenvalue weighted by atomic mass is 10.2. The van der Waals surface area contributed by atoms with Gasteiger partial charge in [0.25, 0.3) is 5.91 Å². The molecule has 6 nitrogen and oxygen atoms in total. The smallest absolute Gasteiger partial charge is 0.342 e. The lowest BCUT2D eigenvalue weighted by Crippen LogP contribution is -2.21. The van der Waals surface area contributed by atoms with Gasteiger partial charge in [0.05, 0.1) is 7.11 Å². The first kappa shape index (κ1) is 11.8. The van der Waals surface area contributed by atoms with Crippen LogP contribution >= 0.6 is 0 Å². The Bertz CT molecular complexity index is 417. The van der Waals surface area contributed by atoms with Crippen molar-refractivity contribution in [2.45, 2.75) is 0 Å². The van der Waals surface area contributed by atoms with E-state index in [-0.39, 0.29) is 11.3 Å². The van der Waals surface area contributed by atoms with E-state index in [1.807, 2.05) is 0 Å². The van der Waals surface area contributed by atoms with Crippen molar-refractivity contribution < 1.29 is 19.1 Å². The zero-order chi connectivity index (χ0) is 12.1. The Labute approximate surface area is 92.1 Å². The number of hydrogen-bond donors (Lipinski definition) is 2. The van der Waals surface area contributed by atoms with Gasteiger partial charge in [0.2, 0.25) is 0 Å². The molecule has 1 rings (SSSR count). The van der Waals surface area contributed by atoms with Gasteiger partial charge in [-0.25, -0.2) is 4.79 Å². The minimum atomic E-state index is -0.720. The molecule has 0 radical (unpaired) electrons. The molecular weight excluding hydrogens is 212 g/mol. The highest BCUT2D eigenvalue weighted by Gasteiger charge is 2.14. The zero-order valence-corrected chi connectivity index (χ0v) is 8.73. The molecule has 0 aromatic heterocycles. The number of amides is 1. The third-order valence-corrected chi connectivity index (χ3v) is 1.79. The molecule has 0 saturated carbocycles. The lowest BCUT2D eigenvalue weighted by Gasteiger charge is -2.08. The van der Waals surface area contributed by atoms with Crippen molar-refractivity contribution in [1.82, 2.24) is 0 Å². The van der Waals surface area contributed by atoms with Gasteiger partial charge >= 0.3 is 5.97 Å². The maximum atomic E-state index is 11.5. The van der Waals surface area contributed by atoms with Gasteiger partial charge in [-0.15, -0.1) is 0 Å². The average molecular weight is 224 g/mol. The third kappa shape index (κ3) is 2.88. The van der Waals surface area contributed by atoms with E-state index in [9.17, 15) is 9.59 Å². The molecule has 6 heteroatoms. The van der Waals surface area contributed by atoms with Crippen molar-refractivity contribution in [2.24, 2.45) is 5.73 Å². The number of carbonyl (C=O) groups excluding carboxylic acids is 2. The Hall–Kier alpha value is -2.24. The summed E-state index contributed by atoms with van der Waals surface area (Å²) in [5.41, 5.74) is 11.0. The summed E-state index contributed by atoms with van der Waals surface area (Å²) in [6.07, 6.45) is 0. The number of methoxy groups -OCH3 is 1. The second kappa shape index (κ2) is 5.01. The molecule has 0 unspecified atom stereocenters. The number of carbonyl (C=O) groups is 2. The Morgan fingerprint density at radius 2 is 2.06 bits per heavy atom. The number of primary amides is 1. The van der Waals surface area contributed by atoms with Crippen molar-refractivity contribution in [1.29, 1.82) is 0 Å². The van der Waals surface area contributed by atoms with E-state index in [2.05, 4.69) is 4.74 Å². The SMILES string of the molecule is COc1cc(N)ccc1C(=O)OCC(N)=O. The van der Waals surface area contributed by atoms with E-state index in [4.69, 9.17) is 16.2 Å². The molecule has 0 atom stereocenters. The summed E-state index contributed by atoms with van der Waals surface area (Å²) in [7, 11) is 1.40. The van der Waals surface area contributed by atoms with E-state index < -0.39 is 18.5 Å². The molecule has 0 aliphatic heterocycles. The van der Waals surface area contributed by atoms with E-state index in [1.165, 1.54) is 25.3 Å². The first-order valence-corrected chi connectivity index (χ1v) is 4.43. The summed E-state index contributed by atoms with van der Waals surface area (Å²) in [6.45, 7) is -0.466. The summed E-state index contributed by atoms with van der Waals surface area (Å²) >= 11 is 0. The van der Waals surface area contributed by atoms with Gasteiger partial charge in [0.1, 0.15) is 11.3 Å². The number of esters is 1. The molecule has 0 aliphatic rings. The van der Waals surface area contributed by atoms with Crippen molar-refractivity contribution in [3.8, 4) is 5.75 Å². The Morgan fingerprint density at radius 1 is 1.38 bits per heavy atom. The number of ether oxygens (including phenoxy) is 2. The second-order valence-corrected chi connectivity index (χ2v) is 3.00. The summed E-state index contributed by atoms with van der Waals surface area (Å²) in [6, 6.07) is 4.47. The number of nitrogen functional groups attached to an aromatic ring is 1. The third-order valence-electron chi connectivity index (χ3n) is 1.79. The van der Waals surface area contributed by atoms with Gasteiger partial charge in [-0.2, -0.15) is 0 Å². The van der Waals surface area contributed by atoms with Crippen LogP contribution in [0.2, 0.25) is 0 Å². The number of benzene rings is 1. The topological polar surface area (TPSA) is 105 Å². The van der Waals surface area contributed by atoms with Crippen LogP contribution in [0.4, 0.5) is 5.69 Å². The highest BCUT2D eigenvalue weighted by atomic mass is 16.5. The van der Waals surface area contributed by atoms with Crippen LogP contribution in [0.25, 0.3) is 0 Å². The normalized spacial score (nSPS) is 9.56. The molecule has 1 amide bonds. The highest BCUT2D eigenvalue weighted by Crippen LogP contribution is 2.22. The fourth-order valence-electron chi connectivity index (χ4n) is 1.09. The molecular formula is C10H12N2O4. The average Bonchev–Trinajstić information content (AvgIpc) is 2.25. The summed E-state index contributed by atoms with van der Waals surface area (Å²) < 4.78 is 9.59. The first-order valence-electron chi connectivity index (χ1n) is 4.43. The maximum absolute atomic E-state index is 11.5. The fraction of sp³-hybridized carbons (Fsp3) is 0.200. The highest BCUT2D eigenvalue weighted by molar-refractivity contribution is 5.94. The summed E-state index contributed by atoms with van der Waals surface area (Å²) in [5, 5.41) is 0. The molecule has 4 N–H and O–H groups in total. The van der Waals surface area contributed by atoms with Crippen LogP contribution in [0.5, 0.6) is 5.75 Å². The van der Waals surface area contributed by atoms with Crippen LogP contribution in [0.15, 0.2) is 18.2 Å². The van der Waals surface area contributed by atoms with Crippen molar-refractivity contribution in [3.63, 3.8) is 0 Å². The van der Waals surface area contributed by atoms with Gasteiger partial charge in [-0.3, -0.25) is 4.79 Å². The minimum Gasteiger partial charge on any atom is -0.496 e. The summed E-state index contributed by atoms with van der Waals surface area (Å²) in [4.78, 5) is 21.9. The minimum absolute atomic E-state index is 0.193. The molecule has 1 aromatic carbocycles. The fourth-order valence-corrected chi connectivity index (χ4v) is 1.09. The lowest BCUT2D eigenvalue weighted by molar-refractivity contribution is -0.121. The molecule has 0 spiro atoms. The monoisotopic (exact) mass is 224 g/mol. The van der Waals surface area contributed by atoms with Gasteiger partial charge < -0.3 is 20.9 Å². The molecule has 0 bridgehead atoms. The van der Waals surface area contributed by atoms with Gasteiger partial charge in [-0.05, 0) is 12.1 Å². The van der Waals surface area contributed by atoms with E-state index >= 15 is 0 Å². The predicted octanol–water partition coefficient (Wildman–Crippen LogP) is -0.0805. The first-order chi connectivity index (χ1) is 7.54. The Balaban J connectivity index is 2.86. The van der Waals surface area contributed by atoms with Crippen molar-refractivity contribution in [3.05, 3.63) is 23.8 Å². The van der Waals surface area contributed by atoms with Crippen molar-refractivity contribution in [2.75, 3.05) is 19.5 Å². The molecule has 0 heterocycles. The predicted molar refractivity (Wildman–Crippen MR) is 56.9 cm³/mol. The molecule has 0 aliphatic carbocycles. The van der Waals surface area contributed by atoms with E-state index in [0.717, 1.165) is 0 Å². The zero-order valence-electron chi connectivity index (χ0n) is 8.73. The largest absolute Gasteiger partial charge is 0.496 e. The van der Waals surface area contributed by atoms with Gasteiger partial charge in [-0.1, -0.05) is 0 Å². The second-order valence-electron chi connectivity index (χ2n) is 3.00. The van der Waals surface area contributed by atoms with E-state index in [1.54, 1.807) is 0 Å². The quantitative estimate of drug-likeness (QED) is 0.549. The van der Waals surface area contributed by atoms with Crippen molar-refractivity contribution >= 4 is 17.6 Å². The number of anilines is 1. The van der Waals surface area contributed by atoms with E-state index in [0.29, 0.717) is 5.69 Å². The Kier molecular flexibility index (Phi) is 3.71. The van der Waals surface area contributed by atoms with Crippen LogP contribution < -0.4 is 16.2 Å². The van der Waals surface area contributed by atoms with Crippen LogP contribution in [-0.2, 0) is 9.53 Å². The molecule has 0 fully saturated rings. The van der Waals surface area contributed by atoms with Crippen LogP contribution in [0.3, 0.4) is 0 Å². The molecule has 16 heavy (non-hydrogen) atoms. The molecule has 0 saturated heterocycles. The Morgan fingerprint density at radius 3 is 2.62 bits per heavy atom. The van der Waals surface area contributed by atoms with Gasteiger partial charge in [0.15, 0.2) is 6.61 Å².